The van der Waals surface area contributed by atoms with Crippen molar-refractivity contribution in [2.45, 2.75) is 6.42 Å². The highest BCUT2D eigenvalue weighted by Crippen LogP contribution is 2.31. The Morgan fingerprint density at radius 1 is 1.29 bits per heavy atom. The normalized spacial score (nSPS) is 10.5. The predicted molar refractivity (Wildman–Crippen MR) is 75.0 cm³/mol. The van der Waals surface area contributed by atoms with Gasteiger partial charge in [0, 0.05) is 18.8 Å². The number of aromatic nitrogens is 3. The number of hydrogen-bond acceptors (Lipinski definition) is 6. The molecular formula is C15H13N3O3. The average molecular weight is 283 g/mol. The van der Waals surface area contributed by atoms with Crippen LogP contribution in [0.3, 0.4) is 0 Å². The largest absolute Gasteiger partial charge is 0.507 e. The molecule has 1 N–H and O–H groups in total. The van der Waals surface area contributed by atoms with Crippen LogP contribution in [-0.4, -0.2) is 27.3 Å². The number of benzene rings is 1. The molecule has 3 aromatic rings. The molecule has 2 heterocycles. The third-order valence-corrected chi connectivity index (χ3v) is 2.99. The lowest BCUT2D eigenvalue weighted by atomic mass is 10.2. The summed E-state index contributed by atoms with van der Waals surface area (Å²) in [5.74, 6) is 1.45. The number of methoxy groups -OCH3 is 1. The van der Waals surface area contributed by atoms with Gasteiger partial charge >= 0.3 is 0 Å². The van der Waals surface area contributed by atoms with Crippen molar-refractivity contribution < 1.29 is 14.4 Å². The lowest BCUT2D eigenvalue weighted by Gasteiger charge is -2.02. The Labute approximate surface area is 121 Å². The Bertz CT molecular complexity index is 741. The van der Waals surface area contributed by atoms with E-state index in [1.54, 1.807) is 31.6 Å². The minimum absolute atomic E-state index is 0.0624. The van der Waals surface area contributed by atoms with Crippen molar-refractivity contribution >= 4 is 0 Å². The molecule has 0 aliphatic carbocycles. The first-order chi connectivity index (χ1) is 10.3. The second-order valence-electron chi connectivity index (χ2n) is 4.44. The molecule has 0 bridgehead atoms. The number of pyridine rings is 1. The molecule has 3 rings (SSSR count). The minimum atomic E-state index is 0.0624. The van der Waals surface area contributed by atoms with E-state index in [0.29, 0.717) is 23.6 Å². The van der Waals surface area contributed by atoms with Gasteiger partial charge in [-0.2, -0.15) is 4.98 Å². The molecule has 2 aromatic heterocycles. The van der Waals surface area contributed by atoms with E-state index in [1.807, 2.05) is 12.1 Å². The van der Waals surface area contributed by atoms with Crippen LogP contribution in [0.5, 0.6) is 11.5 Å². The zero-order valence-electron chi connectivity index (χ0n) is 11.4. The third-order valence-electron chi connectivity index (χ3n) is 2.99. The first-order valence-corrected chi connectivity index (χ1v) is 6.35. The number of nitrogens with zero attached hydrogens (tertiary/aromatic N) is 3. The van der Waals surface area contributed by atoms with Crippen molar-refractivity contribution in [1.29, 1.82) is 0 Å². The van der Waals surface area contributed by atoms with E-state index >= 15 is 0 Å². The average Bonchev–Trinajstić information content (AvgIpc) is 2.97. The van der Waals surface area contributed by atoms with E-state index in [9.17, 15) is 5.11 Å². The topological polar surface area (TPSA) is 81.3 Å². The van der Waals surface area contributed by atoms with Crippen LogP contribution in [0.1, 0.15) is 11.4 Å². The highest BCUT2D eigenvalue weighted by molar-refractivity contribution is 5.64. The maximum Gasteiger partial charge on any atom is 0.261 e. The molecule has 21 heavy (non-hydrogen) atoms. The summed E-state index contributed by atoms with van der Waals surface area (Å²) in [5, 5.41) is 13.8. The first kappa shape index (κ1) is 13.1. The fourth-order valence-electron chi connectivity index (χ4n) is 1.93. The second kappa shape index (κ2) is 5.62. The maximum absolute atomic E-state index is 9.89. The molecule has 0 radical (unpaired) electrons. The summed E-state index contributed by atoms with van der Waals surface area (Å²) in [7, 11) is 1.55. The fraction of sp³-hybridized carbons (Fsp3) is 0.133. The molecule has 0 unspecified atom stereocenters. The zero-order valence-corrected chi connectivity index (χ0v) is 11.4. The summed E-state index contributed by atoms with van der Waals surface area (Å²) >= 11 is 0. The molecule has 0 saturated heterocycles. The van der Waals surface area contributed by atoms with E-state index in [0.717, 1.165) is 5.56 Å². The van der Waals surface area contributed by atoms with Crippen LogP contribution >= 0.6 is 0 Å². The second-order valence-corrected chi connectivity index (χ2v) is 4.44. The first-order valence-electron chi connectivity index (χ1n) is 6.35. The molecule has 106 valence electrons. The Balaban J connectivity index is 1.88. The smallest absolute Gasteiger partial charge is 0.261 e. The van der Waals surface area contributed by atoms with Gasteiger partial charge in [0.25, 0.3) is 5.89 Å². The molecule has 0 fully saturated rings. The molecule has 0 aliphatic rings. The van der Waals surface area contributed by atoms with Gasteiger partial charge in [0.15, 0.2) is 5.82 Å². The van der Waals surface area contributed by atoms with Crippen LogP contribution in [0.25, 0.3) is 11.5 Å². The lowest BCUT2D eigenvalue weighted by Crippen LogP contribution is -1.91. The summed E-state index contributed by atoms with van der Waals surface area (Å²) in [4.78, 5) is 8.33. The van der Waals surface area contributed by atoms with Gasteiger partial charge < -0.3 is 14.4 Å². The SMILES string of the molecule is COc1ccc(O)c(-c2nc(Cc3cccnc3)no2)c1. The minimum Gasteiger partial charge on any atom is -0.507 e. The lowest BCUT2D eigenvalue weighted by molar-refractivity contribution is 0.407. The fourth-order valence-corrected chi connectivity index (χ4v) is 1.93. The van der Waals surface area contributed by atoms with Gasteiger partial charge in [-0.25, -0.2) is 0 Å². The highest BCUT2D eigenvalue weighted by Gasteiger charge is 2.14. The van der Waals surface area contributed by atoms with Crippen molar-refractivity contribution in [2.24, 2.45) is 0 Å². The number of rotatable bonds is 4. The molecule has 0 aliphatic heterocycles. The van der Waals surface area contributed by atoms with Crippen LogP contribution in [0.15, 0.2) is 47.2 Å². The standard InChI is InChI=1S/C15H13N3O3/c1-20-11-4-5-13(19)12(8-11)15-17-14(18-21-15)7-10-3-2-6-16-9-10/h2-6,8-9,19H,7H2,1H3. The summed E-state index contributed by atoms with van der Waals surface area (Å²) in [6.45, 7) is 0. The molecule has 0 atom stereocenters. The van der Waals surface area contributed by atoms with Crippen LogP contribution in [-0.2, 0) is 6.42 Å². The van der Waals surface area contributed by atoms with Gasteiger partial charge in [0.05, 0.1) is 12.7 Å². The number of phenols is 1. The van der Waals surface area contributed by atoms with Gasteiger partial charge in [0.1, 0.15) is 11.5 Å². The Kier molecular flexibility index (Phi) is 3.51. The molecule has 0 saturated carbocycles. The summed E-state index contributed by atoms with van der Waals surface area (Å²) < 4.78 is 10.3. The summed E-state index contributed by atoms with van der Waals surface area (Å²) in [6.07, 6.45) is 3.97. The van der Waals surface area contributed by atoms with Crippen molar-refractivity contribution in [1.82, 2.24) is 15.1 Å². The summed E-state index contributed by atoms with van der Waals surface area (Å²) in [5.41, 5.74) is 1.43. The number of hydrogen-bond donors (Lipinski definition) is 1. The van der Waals surface area contributed by atoms with Gasteiger partial charge in [-0.3, -0.25) is 4.98 Å². The van der Waals surface area contributed by atoms with E-state index in [1.165, 1.54) is 6.07 Å². The maximum atomic E-state index is 9.89. The molecule has 0 amide bonds. The highest BCUT2D eigenvalue weighted by atomic mass is 16.5. The van der Waals surface area contributed by atoms with Crippen LogP contribution in [0.2, 0.25) is 0 Å². The summed E-state index contributed by atoms with van der Waals surface area (Å²) in [6, 6.07) is 8.62. The van der Waals surface area contributed by atoms with E-state index in [-0.39, 0.29) is 11.6 Å². The molecule has 1 aromatic carbocycles. The zero-order chi connectivity index (χ0) is 14.7. The monoisotopic (exact) mass is 283 g/mol. The number of phenolic OH excluding ortho intramolecular Hbond substituents is 1. The van der Waals surface area contributed by atoms with E-state index in [4.69, 9.17) is 9.26 Å². The number of aromatic hydroxyl groups is 1. The quantitative estimate of drug-likeness (QED) is 0.792. The van der Waals surface area contributed by atoms with Crippen LogP contribution in [0, 0.1) is 0 Å². The van der Waals surface area contributed by atoms with Gasteiger partial charge in [-0.1, -0.05) is 11.2 Å². The molecular weight excluding hydrogens is 270 g/mol. The van der Waals surface area contributed by atoms with Crippen LogP contribution in [0.4, 0.5) is 0 Å². The van der Waals surface area contributed by atoms with Gasteiger partial charge in [0.2, 0.25) is 0 Å². The van der Waals surface area contributed by atoms with E-state index < -0.39 is 0 Å². The van der Waals surface area contributed by atoms with Crippen molar-refractivity contribution in [3.05, 3.63) is 54.1 Å². The van der Waals surface area contributed by atoms with Crippen molar-refractivity contribution in [3.8, 4) is 23.0 Å². The van der Waals surface area contributed by atoms with Gasteiger partial charge in [-0.15, -0.1) is 0 Å². The van der Waals surface area contributed by atoms with E-state index in [2.05, 4.69) is 15.1 Å². The Morgan fingerprint density at radius 2 is 2.19 bits per heavy atom. The molecule has 6 nitrogen and oxygen atoms in total. The Hall–Kier alpha value is -2.89. The van der Waals surface area contributed by atoms with Crippen molar-refractivity contribution in [2.75, 3.05) is 7.11 Å². The predicted octanol–water partition coefficient (Wildman–Crippen LogP) is 2.44. The molecule has 6 heteroatoms. The third kappa shape index (κ3) is 2.84. The van der Waals surface area contributed by atoms with Gasteiger partial charge in [-0.05, 0) is 29.8 Å². The Morgan fingerprint density at radius 3 is 2.95 bits per heavy atom. The van der Waals surface area contributed by atoms with Crippen LogP contribution < -0.4 is 4.74 Å². The number of ether oxygens (including phenoxy) is 1. The van der Waals surface area contributed by atoms with Crippen molar-refractivity contribution in [3.63, 3.8) is 0 Å². The molecule has 0 spiro atoms.